The van der Waals surface area contributed by atoms with E-state index in [0.29, 0.717) is 27.7 Å². The Kier molecular flexibility index (Phi) is 6.91. The first-order valence-electron chi connectivity index (χ1n) is 9.83. The molecule has 1 heterocycles. The summed E-state index contributed by atoms with van der Waals surface area (Å²) in [5.41, 5.74) is 3.10. The Hall–Kier alpha value is -3.39. The summed E-state index contributed by atoms with van der Waals surface area (Å²) in [5.74, 6) is 0.0278. The molecular formula is C23H25N3O4S. The van der Waals surface area contributed by atoms with Crippen LogP contribution in [0.4, 0.5) is 5.69 Å². The Balaban J connectivity index is 1.89. The predicted molar refractivity (Wildman–Crippen MR) is 123 cm³/mol. The number of hydrogen-bond donors (Lipinski definition) is 2. The number of esters is 1. The Morgan fingerprint density at radius 1 is 1.19 bits per heavy atom. The fraction of sp³-hybridized carbons (Fsp3) is 0.261. The summed E-state index contributed by atoms with van der Waals surface area (Å²) >= 11 is 5.42. The van der Waals surface area contributed by atoms with Crippen molar-refractivity contribution in [3.8, 4) is 5.75 Å². The van der Waals surface area contributed by atoms with Gasteiger partial charge in [0.1, 0.15) is 5.75 Å². The van der Waals surface area contributed by atoms with E-state index in [-0.39, 0.29) is 12.5 Å². The Morgan fingerprint density at radius 2 is 1.90 bits per heavy atom. The van der Waals surface area contributed by atoms with Gasteiger partial charge in [0.25, 0.3) is 5.91 Å². The maximum absolute atomic E-state index is 12.7. The highest BCUT2D eigenvalue weighted by molar-refractivity contribution is 7.80. The molecule has 2 aromatic rings. The highest BCUT2D eigenvalue weighted by atomic mass is 32.1. The number of rotatable bonds is 6. The van der Waals surface area contributed by atoms with Crippen LogP contribution in [0.3, 0.4) is 0 Å². The quantitative estimate of drug-likeness (QED) is 0.525. The zero-order valence-electron chi connectivity index (χ0n) is 17.9. The monoisotopic (exact) mass is 439 g/mol. The number of methoxy groups -OCH3 is 1. The Morgan fingerprint density at radius 3 is 2.55 bits per heavy atom. The van der Waals surface area contributed by atoms with E-state index < -0.39 is 12.0 Å². The smallest absolute Gasteiger partial charge is 0.338 e. The van der Waals surface area contributed by atoms with Crippen LogP contribution in [0.1, 0.15) is 35.8 Å². The molecule has 0 saturated carbocycles. The number of allylic oxidation sites excluding steroid dienone is 1. The third-order valence-corrected chi connectivity index (χ3v) is 5.47. The van der Waals surface area contributed by atoms with Gasteiger partial charge < -0.3 is 25.0 Å². The van der Waals surface area contributed by atoms with E-state index >= 15 is 0 Å². The number of amides is 1. The van der Waals surface area contributed by atoms with E-state index in [0.717, 1.165) is 11.3 Å². The second kappa shape index (κ2) is 9.61. The van der Waals surface area contributed by atoms with E-state index in [4.69, 9.17) is 21.7 Å². The second-order valence-electron chi connectivity index (χ2n) is 6.97. The Bertz CT molecular complexity index is 1030. The minimum Gasteiger partial charge on any atom is -0.497 e. The molecule has 0 fully saturated rings. The zero-order chi connectivity index (χ0) is 22.5. The number of anilines is 1. The Labute approximate surface area is 187 Å². The summed E-state index contributed by atoms with van der Waals surface area (Å²) in [4.78, 5) is 27.0. The standard InChI is InChI=1S/C23H25N3O4S/c1-5-30-22(28)19-14(2)26(3)23(31)25-20(19)16-7-6-8-17(13-16)24-21(27)15-9-11-18(29-4)12-10-15/h6-13,20H,5H2,1-4H3,(H,24,27)(H,25,31)/t20-/m1/s1. The number of nitrogens with zero attached hydrogens (tertiary/aromatic N) is 1. The van der Waals surface area contributed by atoms with Gasteiger partial charge in [0, 0.05) is 24.0 Å². The van der Waals surface area contributed by atoms with Crippen LogP contribution < -0.4 is 15.4 Å². The van der Waals surface area contributed by atoms with E-state index in [1.54, 1.807) is 56.3 Å². The minimum absolute atomic E-state index is 0.246. The lowest BCUT2D eigenvalue weighted by Crippen LogP contribution is -2.46. The van der Waals surface area contributed by atoms with Crippen molar-refractivity contribution in [2.45, 2.75) is 19.9 Å². The molecule has 2 N–H and O–H groups in total. The average Bonchev–Trinajstić information content (AvgIpc) is 2.77. The SMILES string of the molecule is CCOC(=O)C1=C(C)N(C)C(=S)N[C@@H]1c1cccc(NC(=O)c2ccc(OC)cc2)c1. The van der Waals surface area contributed by atoms with Crippen LogP contribution in [0.2, 0.25) is 0 Å². The fourth-order valence-corrected chi connectivity index (χ4v) is 3.56. The van der Waals surface area contributed by atoms with Crippen molar-refractivity contribution in [1.29, 1.82) is 0 Å². The van der Waals surface area contributed by atoms with Gasteiger partial charge in [0.05, 0.1) is 25.3 Å². The van der Waals surface area contributed by atoms with Crippen molar-refractivity contribution in [1.82, 2.24) is 10.2 Å². The third-order valence-electron chi connectivity index (χ3n) is 5.08. The van der Waals surface area contributed by atoms with Crippen molar-refractivity contribution in [3.05, 3.63) is 70.9 Å². The molecule has 0 bridgehead atoms. The van der Waals surface area contributed by atoms with Crippen molar-refractivity contribution >= 4 is 34.9 Å². The van der Waals surface area contributed by atoms with Crippen LogP contribution in [-0.2, 0) is 9.53 Å². The summed E-state index contributed by atoms with van der Waals surface area (Å²) in [5, 5.41) is 6.59. The molecule has 0 saturated heterocycles. The molecule has 3 rings (SSSR count). The van der Waals surface area contributed by atoms with Gasteiger partial charge >= 0.3 is 5.97 Å². The molecule has 1 amide bonds. The largest absolute Gasteiger partial charge is 0.497 e. The molecule has 162 valence electrons. The lowest BCUT2D eigenvalue weighted by Gasteiger charge is -2.35. The second-order valence-corrected chi connectivity index (χ2v) is 7.36. The highest BCUT2D eigenvalue weighted by Gasteiger charge is 2.33. The molecule has 1 aliphatic rings. The van der Waals surface area contributed by atoms with Crippen LogP contribution in [0.25, 0.3) is 0 Å². The normalized spacial score (nSPS) is 15.9. The minimum atomic E-state index is -0.486. The predicted octanol–water partition coefficient (Wildman–Crippen LogP) is 3.65. The average molecular weight is 440 g/mol. The zero-order valence-corrected chi connectivity index (χ0v) is 18.7. The number of benzene rings is 2. The molecule has 8 heteroatoms. The van der Waals surface area contributed by atoms with Crippen LogP contribution >= 0.6 is 12.2 Å². The summed E-state index contributed by atoms with van der Waals surface area (Å²) in [6.07, 6.45) is 0. The van der Waals surface area contributed by atoms with Gasteiger partial charge in [-0.2, -0.15) is 0 Å². The van der Waals surface area contributed by atoms with Crippen LogP contribution in [0, 0.1) is 0 Å². The van der Waals surface area contributed by atoms with E-state index in [1.165, 1.54) is 0 Å². The maximum atomic E-state index is 12.7. The number of nitrogens with one attached hydrogen (secondary N) is 2. The maximum Gasteiger partial charge on any atom is 0.338 e. The molecule has 0 aromatic heterocycles. The molecule has 31 heavy (non-hydrogen) atoms. The van der Waals surface area contributed by atoms with Gasteiger partial charge in [-0.3, -0.25) is 4.79 Å². The van der Waals surface area contributed by atoms with E-state index in [2.05, 4.69) is 10.6 Å². The molecule has 0 spiro atoms. The van der Waals surface area contributed by atoms with Crippen LogP contribution in [-0.4, -0.2) is 42.7 Å². The van der Waals surface area contributed by atoms with Gasteiger partial charge in [-0.25, -0.2) is 4.79 Å². The summed E-state index contributed by atoms with van der Waals surface area (Å²) in [6.45, 7) is 3.87. The fourth-order valence-electron chi connectivity index (χ4n) is 3.30. The first kappa shape index (κ1) is 22.3. The number of hydrogen-bond acceptors (Lipinski definition) is 5. The van der Waals surface area contributed by atoms with E-state index in [1.807, 2.05) is 25.1 Å². The molecular weight excluding hydrogens is 414 g/mol. The molecule has 0 unspecified atom stereocenters. The van der Waals surface area contributed by atoms with Gasteiger partial charge in [-0.1, -0.05) is 12.1 Å². The summed E-state index contributed by atoms with van der Waals surface area (Å²) in [6, 6.07) is 13.7. The molecule has 0 aliphatic carbocycles. The highest BCUT2D eigenvalue weighted by Crippen LogP contribution is 2.32. The van der Waals surface area contributed by atoms with Crippen LogP contribution in [0.5, 0.6) is 5.75 Å². The van der Waals surface area contributed by atoms with Crippen molar-refractivity contribution in [2.24, 2.45) is 0 Å². The third kappa shape index (κ3) is 4.86. The lowest BCUT2D eigenvalue weighted by atomic mass is 9.95. The van der Waals surface area contributed by atoms with E-state index in [9.17, 15) is 9.59 Å². The van der Waals surface area contributed by atoms with Gasteiger partial charge in [-0.05, 0) is 68.0 Å². The van der Waals surface area contributed by atoms with Crippen molar-refractivity contribution in [3.63, 3.8) is 0 Å². The van der Waals surface area contributed by atoms with Crippen LogP contribution in [0.15, 0.2) is 59.8 Å². The van der Waals surface area contributed by atoms with Gasteiger partial charge in [0.2, 0.25) is 0 Å². The van der Waals surface area contributed by atoms with Gasteiger partial charge in [-0.15, -0.1) is 0 Å². The molecule has 1 aliphatic heterocycles. The summed E-state index contributed by atoms with van der Waals surface area (Å²) < 4.78 is 10.4. The molecule has 2 aromatic carbocycles. The molecule has 0 radical (unpaired) electrons. The molecule has 7 nitrogen and oxygen atoms in total. The van der Waals surface area contributed by atoms with Crippen molar-refractivity contribution < 1.29 is 19.1 Å². The molecule has 1 atom stereocenters. The van der Waals surface area contributed by atoms with Crippen molar-refractivity contribution in [2.75, 3.05) is 26.1 Å². The first-order valence-corrected chi connectivity index (χ1v) is 10.2. The summed E-state index contributed by atoms with van der Waals surface area (Å²) in [7, 11) is 3.37. The number of thiocarbonyl (C=S) groups is 1. The topological polar surface area (TPSA) is 79.9 Å². The lowest BCUT2D eigenvalue weighted by molar-refractivity contribution is -0.139. The van der Waals surface area contributed by atoms with Gasteiger partial charge in [0.15, 0.2) is 5.11 Å². The first-order chi connectivity index (χ1) is 14.8. The number of carbonyl (C=O) groups is 2. The number of carbonyl (C=O) groups excluding carboxylic acids is 2. The number of ether oxygens (including phenoxy) is 2.